The van der Waals surface area contributed by atoms with Crippen LogP contribution in [0.4, 0.5) is 0 Å². The lowest BCUT2D eigenvalue weighted by Gasteiger charge is -2.23. The fourth-order valence-electron chi connectivity index (χ4n) is 8.08. The summed E-state index contributed by atoms with van der Waals surface area (Å²) in [6, 6.07) is 58.5. The predicted molar refractivity (Wildman–Crippen MR) is 194 cm³/mol. The molecule has 1 heteroatoms. The van der Waals surface area contributed by atoms with Crippen molar-refractivity contribution >= 4 is 32.6 Å². The molecule has 0 spiro atoms. The van der Waals surface area contributed by atoms with Gasteiger partial charge in [0, 0.05) is 27.7 Å². The van der Waals surface area contributed by atoms with Crippen molar-refractivity contribution in [1.29, 1.82) is 0 Å². The molecule has 0 bridgehead atoms. The molecule has 1 atom stereocenters. The van der Waals surface area contributed by atoms with Crippen LogP contribution >= 0.6 is 0 Å². The minimum absolute atomic E-state index is 0.110. The third-order valence-electron chi connectivity index (χ3n) is 10.4. The largest absolute Gasteiger partial charge is 0.309 e. The van der Waals surface area contributed by atoms with Gasteiger partial charge in [0.25, 0.3) is 0 Å². The van der Waals surface area contributed by atoms with Gasteiger partial charge in [-0.3, -0.25) is 0 Å². The van der Waals surface area contributed by atoms with Gasteiger partial charge in [0.05, 0.1) is 16.7 Å². The third-order valence-corrected chi connectivity index (χ3v) is 10.4. The molecule has 1 aromatic heterocycles. The average Bonchev–Trinajstić information content (AvgIpc) is 3.56. The molecular formula is C45H35N. The van der Waals surface area contributed by atoms with Crippen molar-refractivity contribution in [2.45, 2.75) is 31.6 Å². The summed E-state index contributed by atoms with van der Waals surface area (Å²) in [5.74, 6) is 0.268. The van der Waals surface area contributed by atoms with Crippen LogP contribution in [0.25, 0.3) is 49.4 Å². The molecule has 7 aromatic carbocycles. The van der Waals surface area contributed by atoms with E-state index in [1.54, 1.807) is 0 Å². The minimum atomic E-state index is -0.110. The molecule has 9 rings (SSSR count). The van der Waals surface area contributed by atoms with Crippen molar-refractivity contribution in [3.63, 3.8) is 0 Å². The van der Waals surface area contributed by atoms with E-state index in [1.165, 1.54) is 77.2 Å². The Labute approximate surface area is 270 Å². The monoisotopic (exact) mass is 589 g/mol. The van der Waals surface area contributed by atoms with E-state index in [2.05, 4.69) is 176 Å². The highest BCUT2D eigenvalue weighted by Crippen LogP contribution is 2.52. The maximum atomic E-state index is 2.50. The first-order valence-corrected chi connectivity index (χ1v) is 16.4. The second kappa shape index (κ2) is 10.3. The molecule has 0 amide bonds. The maximum Gasteiger partial charge on any atom is 0.0543 e. The molecule has 1 nitrogen and oxygen atoms in total. The second-order valence-corrected chi connectivity index (χ2v) is 13.3. The molecule has 1 aliphatic carbocycles. The highest BCUT2D eigenvalue weighted by molar-refractivity contribution is 6.10. The lowest BCUT2D eigenvalue weighted by Crippen LogP contribution is -2.15. The zero-order valence-corrected chi connectivity index (χ0v) is 26.2. The van der Waals surface area contributed by atoms with E-state index >= 15 is 0 Å². The molecule has 0 saturated heterocycles. The fraction of sp³-hybridized carbons (Fsp3) is 0.111. The van der Waals surface area contributed by atoms with E-state index in [0.29, 0.717) is 0 Å². The van der Waals surface area contributed by atoms with Crippen LogP contribution in [-0.4, -0.2) is 4.57 Å². The van der Waals surface area contributed by atoms with Gasteiger partial charge in [-0.15, -0.1) is 0 Å². The van der Waals surface area contributed by atoms with Crippen LogP contribution in [-0.2, 0) is 11.8 Å². The number of hydrogen-bond acceptors (Lipinski definition) is 0. The van der Waals surface area contributed by atoms with Gasteiger partial charge in [0.2, 0.25) is 0 Å². The number of aromatic nitrogens is 1. The van der Waals surface area contributed by atoms with E-state index in [1.807, 2.05) is 0 Å². The normalized spacial score (nSPS) is 14.0. The molecule has 0 N–H and O–H groups in total. The summed E-state index contributed by atoms with van der Waals surface area (Å²) >= 11 is 0. The number of nitrogens with zero attached hydrogens (tertiary/aromatic N) is 1. The summed E-state index contributed by atoms with van der Waals surface area (Å²) in [6.07, 6.45) is 0.946. The van der Waals surface area contributed by atoms with Gasteiger partial charge >= 0.3 is 0 Å². The van der Waals surface area contributed by atoms with Crippen molar-refractivity contribution in [2.75, 3.05) is 0 Å². The average molecular weight is 590 g/mol. The van der Waals surface area contributed by atoms with Gasteiger partial charge in [-0.25, -0.2) is 0 Å². The van der Waals surface area contributed by atoms with Gasteiger partial charge < -0.3 is 4.57 Å². The van der Waals surface area contributed by atoms with Crippen LogP contribution in [0.15, 0.2) is 158 Å². The van der Waals surface area contributed by atoms with Gasteiger partial charge in [0.15, 0.2) is 0 Å². The molecule has 8 aromatic rings. The summed E-state index contributed by atoms with van der Waals surface area (Å²) in [7, 11) is 0. The van der Waals surface area contributed by atoms with Crippen LogP contribution in [0, 0.1) is 0 Å². The Morgan fingerprint density at radius 2 is 1.20 bits per heavy atom. The number of fused-ring (bicyclic) bond motifs is 7. The topological polar surface area (TPSA) is 4.93 Å². The zero-order chi connectivity index (χ0) is 30.8. The van der Waals surface area contributed by atoms with Gasteiger partial charge in [0.1, 0.15) is 0 Å². The van der Waals surface area contributed by atoms with Crippen LogP contribution in [0.2, 0.25) is 0 Å². The third kappa shape index (κ3) is 4.08. The van der Waals surface area contributed by atoms with Gasteiger partial charge in [-0.05, 0) is 68.8 Å². The summed E-state index contributed by atoms with van der Waals surface area (Å²) in [5, 5.41) is 5.17. The Morgan fingerprint density at radius 1 is 0.522 bits per heavy atom. The Kier molecular flexibility index (Phi) is 6.05. The van der Waals surface area contributed by atoms with Crippen LogP contribution < -0.4 is 0 Å². The van der Waals surface area contributed by atoms with Crippen molar-refractivity contribution in [2.24, 2.45) is 0 Å². The fourth-order valence-corrected chi connectivity index (χ4v) is 8.08. The molecule has 1 heterocycles. The smallest absolute Gasteiger partial charge is 0.0543 e. The Morgan fingerprint density at radius 3 is 1.96 bits per heavy atom. The Hall–Kier alpha value is -5.40. The van der Waals surface area contributed by atoms with Crippen molar-refractivity contribution in [1.82, 2.24) is 4.57 Å². The summed E-state index contributed by atoms with van der Waals surface area (Å²) in [5.41, 5.74) is 13.3. The van der Waals surface area contributed by atoms with E-state index in [4.69, 9.17) is 0 Å². The van der Waals surface area contributed by atoms with Gasteiger partial charge in [-0.1, -0.05) is 153 Å². The van der Waals surface area contributed by atoms with Crippen LogP contribution in [0.3, 0.4) is 0 Å². The highest BCUT2D eigenvalue weighted by atomic mass is 15.0. The summed E-state index contributed by atoms with van der Waals surface area (Å²) < 4.78 is 2.48. The van der Waals surface area contributed by atoms with E-state index < -0.39 is 0 Å². The first-order valence-electron chi connectivity index (χ1n) is 16.4. The Balaban J connectivity index is 1.19. The minimum Gasteiger partial charge on any atom is -0.309 e. The highest BCUT2D eigenvalue weighted by Gasteiger charge is 2.37. The lowest BCUT2D eigenvalue weighted by molar-refractivity contribution is 0.658. The van der Waals surface area contributed by atoms with Crippen molar-refractivity contribution in [3.8, 4) is 16.8 Å². The second-order valence-electron chi connectivity index (χ2n) is 13.3. The molecule has 46 heavy (non-hydrogen) atoms. The first-order chi connectivity index (χ1) is 22.6. The molecule has 1 unspecified atom stereocenters. The number of para-hydroxylation sites is 2. The van der Waals surface area contributed by atoms with Crippen molar-refractivity contribution in [3.05, 3.63) is 186 Å². The SMILES string of the molecule is CC1(C)c2cc(CC(c3ccccc3)c3ccc4ccccc4c3)ccc2-c2c(-n3c4ccccc4c4ccccc43)cccc21. The van der Waals surface area contributed by atoms with Crippen LogP contribution in [0.1, 0.15) is 47.6 Å². The standard InChI is InChI=1S/C45H35N/c1-45(2)39-19-12-22-43(46-41-20-10-8-17-35(41)36-18-9-11-21-42(36)46)44(39)37-26-23-30(28-40(37)45)27-38(32-14-4-3-5-15-32)34-25-24-31-13-6-7-16-33(31)29-34/h3-26,28-29,38H,27H2,1-2H3. The lowest BCUT2D eigenvalue weighted by atomic mass is 9.80. The number of benzene rings is 7. The molecule has 1 aliphatic rings. The maximum absolute atomic E-state index is 2.50. The van der Waals surface area contributed by atoms with E-state index in [-0.39, 0.29) is 11.3 Å². The predicted octanol–water partition coefficient (Wildman–Crippen LogP) is 11.6. The summed E-state index contributed by atoms with van der Waals surface area (Å²) in [4.78, 5) is 0. The molecule has 0 radical (unpaired) electrons. The number of hydrogen-bond donors (Lipinski definition) is 0. The van der Waals surface area contributed by atoms with Crippen LogP contribution in [0.5, 0.6) is 0 Å². The van der Waals surface area contributed by atoms with Gasteiger partial charge in [-0.2, -0.15) is 0 Å². The van der Waals surface area contributed by atoms with E-state index in [0.717, 1.165) is 6.42 Å². The first kappa shape index (κ1) is 27.0. The van der Waals surface area contributed by atoms with Crippen molar-refractivity contribution < 1.29 is 0 Å². The molecule has 0 saturated carbocycles. The molecule has 0 fully saturated rings. The number of rotatable bonds is 5. The quantitative estimate of drug-likeness (QED) is 0.188. The molecule has 220 valence electrons. The Bertz CT molecular complexity index is 2370. The zero-order valence-electron chi connectivity index (χ0n) is 26.2. The summed E-state index contributed by atoms with van der Waals surface area (Å²) in [6.45, 7) is 4.80. The molecular weight excluding hydrogens is 555 g/mol. The molecule has 0 aliphatic heterocycles. The van der Waals surface area contributed by atoms with E-state index in [9.17, 15) is 0 Å².